The summed E-state index contributed by atoms with van der Waals surface area (Å²) in [6.07, 6.45) is 5.18. The van der Waals surface area contributed by atoms with Gasteiger partial charge in [-0.2, -0.15) is 0 Å². The van der Waals surface area contributed by atoms with Crippen molar-refractivity contribution in [3.8, 4) is 17.4 Å². The number of likely N-dealkylation sites (tertiary alicyclic amines) is 1. The number of hydrogen-bond donors (Lipinski definition) is 3. The molecule has 1 aromatic heterocycles. The molecule has 1 aliphatic heterocycles. The lowest BCUT2D eigenvalue weighted by Gasteiger charge is -2.49. The lowest BCUT2D eigenvalue weighted by molar-refractivity contribution is -0.119. The topological polar surface area (TPSA) is 164 Å². The molecule has 1 aromatic carbocycles. The third-order valence-electron chi connectivity index (χ3n) is 10.6. The SMILES string of the molecule is CCCCOc1noc2c1C(=O)[C@@]1(O)C(O)=C3C(=O)c4c(c(OC)cc(NC(=O)[C@@H]5CCCN5C)c4OCCCC)C[C@H]3C[C@H]1[C@@H]2N(C)C. The van der Waals surface area contributed by atoms with Crippen LogP contribution in [0.4, 0.5) is 5.69 Å². The van der Waals surface area contributed by atoms with Crippen LogP contribution in [0.3, 0.4) is 0 Å². The molecule has 266 valence electrons. The molecule has 0 radical (unpaired) electrons. The van der Waals surface area contributed by atoms with E-state index in [9.17, 15) is 24.6 Å². The Balaban J connectivity index is 1.47. The number of nitrogens with zero attached hydrogens (tertiary/aromatic N) is 3. The highest BCUT2D eigenvalue weighted by atomic mass is 16.5. The van der Waals surface area contributed by atoms with Gasteiger partial charge in [-0.15, -0.1) is 0 Å². The van der Waals surface area contributed by atoms with Gasteiger partial charge in [0.05, 0.1) is 43.7 Å². The number of aliphatic hydroxyl groups excluding tert-OH is 1. The Morgan fingerprint density at radius 2 is 1.88 bits per heavy atom. The Kier molecular flexibility index (Phi) is 9.80. The van der Waals surface area contributed by atoms with Gasteiger partial charge in [0, 0.05) is 23.1 Å². The molecule has 49 heavy (non-hydrogen) atoms. The van der Waals surface area contributed by atoms with E-state index in [2.05, 4.69) is 10.5 Å². The quantitative estimate of drug-likeness (QED) is 0.270. The van der Waals surface area contributed by atoms with Crippen molar-refractivity contribution in [2.24, 2.45) is 11.8 Å². The summed E-state index contributed by atoms with van der Waals surface area (Å²) < 4.78 is 23.6. The number of aromatic nitrogens is 1. The van der Waals surface area contributed by atoms with Crippen molar-refractivity contribution >= 4 is 23.2 Å². The van der Waals surface area contributed by atoms with Gasteiger partial charge in [0.25, 0.3) is 5.88 Å². The summed E-state index contributed by atoms with van der Waals surface area (Å²) in [4.78, 5) is 46.3. The second kappa shape index (κ2) is 13.8. The van der Waals surface area contributed by atoms with Gasteiger partial charge in [0.1, 0.15) is 17.1 Å². The fourth-order valence-corrected chi connectivity index (χ4v) is 8.06. The summed E-state index contributed by atoms with van der Waals surface area (Å²) in [6.45, 7) is 5.41. The first-order chi connectivity index (χ1) is 23.5. The molecule has 3 aliphatic carbocycles. The van der Waals surface area contributed by atoms with Crippen molar-refractivity contribution < 1.29 is 43.3 Å². The molecule has 13 nitrogen and oxygen atoms in total. The summed E-state index contributed by atoms with van der Waals surface area (Å²) in [7, 11) is 7.00. The van der Waals surface area contributed by atoms with Gasteiger partial charge in [-0.05, 0) is 77.3 Å². The van der Waals surface area contributed by atoms with E-state index in [0.717, 1.165) is 32.2 Å². The van der Waals surface area contributed by atoms with Gasteiger partial charge in [-0.1, -0.05) is 26.7 Å². The highest BCUT2D eigenvalue weighted by molar-refractivity contribution is 6.17. The molecule has 2 heterocycles. The zero-order chi connectivity index (χ0) is 35.2. The molecule has 2 aromatic rings. The first-order valence-corrected chi connectivity index (χ1v) is 17.4. The number of unbranched alkanes of at least 4 members (excludes halogenated alkanes) is 2. The fraction of sp³-hybridized carbons (Fsp3) is 0.611. The third kappa shape index (κ3) is 5.69. The van der Waals surface area contributed by atoms with E-state index in [1.54, 1.807) is 20.2 Å². The molecule has 1 saturated heterocycles. The van der Waals surface area contributed by atoms with Crippen LogP contribution >= 0.6 is 0 Å². The minimum Gasteiger partial charge on any atom is -0.508 e. The largest absolute Gasteiger partial charge is 0.508 e. The molecule has 6 rings (SSSR count). The van der Waals surface area contributed by atoms with Gasteiger partial charge in [-0.3, -0.25) is 24.2 Å². The molecule has 5 atom stereocenters. The van der Waals surface area contributed by atoms with Crippen LogP contribution in [-0.2, 0) is 11.2 Å². The summed E-state index contributed by atoms with van der Waals surface area (Å²) in [5.74, 6) is -2.94. The first kappa shape index (κ1) is 34.9. The number of nitrogens with one attached hydrogen (secondary N) is 1. The van der Waals surface area contributed by atoms with E-state index in [1.165, 1.54) is 7.11 Å². The molecule has 1 amide bonds. The number of hydrogen-bond acceptors (Lipinski definition) is 12. The normalized spacial score (nSPS) is 26.3. The number of anilines is 1. The molecule has 4 aliphatic rings. The summed E-state index contributed by atoms with van der Waals surface area (Å²) in [5, 5.41) is 31.5. The molecule has 1 fully saturated rings. The van der Waals surface area contributed by atoms with E-state index < -0.39 is 40.8 Å². The van der Waals surface area contributed by atoms with E-state index in [1.807, 2.05) is 30.7 Å². The van der Waals surface area contributed by atoms with Crippen LogP contribution in [0, 0.1) is 11.8 Å². The maximum Gasteiger partial charge on any atom is 0.265 e. The lowest BCUT2D eigenvalue weighted by Crippen LogP contribution is -2.59. The number of likely N-dealkylation sites (N-methyl/N-ethyl adjacent to an activating group) is 1. The number of ketones is 2. The second-order valence-electron chi connectivity index (χ2n) is 13.9. The number of benzene rings is 1. The van der Waals surface area contributed by atoms with Gasteiger partial charge < -0.3 is 34.3 Å². The van der Waals surface area contributed by atoms with E-state index in [-0.39, 0.29) is 65.5 Å². The van der Waals surface area contributed by atoms with Crippen LogP contribution in [0.1, 0.15) is 96.9 Å². The van der Waals surface area contributed by atoms with Gasteiger partial charge in [0.2, 0.25) is 11.7 Å². The third-order valence-corrected chi connectivity index (χ3v) is 10.6. The lowest BCUT2D eigenvalue weighted by atomic mass is 9.58. The molecule has 3 N–H and O–H groups in total. The monoisotopic (exact) mass is 680 g/mol. The first-order valence-electron chi connectivity index (χ1n) is 17.4. The van der Waals surface area contributed by atoms with E-state index in [4.69, 9.17) is 18.7 Å². The number of amides is 1. The standard InChI is InChI=1S/C36H48N4O9/c1-7-9-14-47-30-22(37-34(44)23-12-11-13-40(23)5)18-24(46-6)20-16-19-17-21-28(39(3)4)31-27(35(38-49-31)48-15-10-8-2)33(43)36(21,45)32(42)25(19)29(41)26(20)30/h18-19,21,23,28,42,45H,7-17H2,1-6H3,(H,37,44)/t19-,21-,23-,28-,36-/m0/s1. The number of methoxy groups -OCH3 is 1. The average molecular weight is 681 g/mol. The Labute approximate surface area is 286 Å². The number of carbonyl (C=O) groups is 3. The number of carbonyl (C=O) groups excluding carboxylic acids is 3. The summed E-state index contributed by atoms with van der Waals surface area (Å²) in [5.41, 5.74) is -1.51. The molecule has 0 spiro atoms. The highest BCUT2D eigenvalue weighted by Gasteiger charge is 2.64. The van der Waals surface area contributed by atoms with Gasteiger partial charge >= 0.3 is 0 Å². The molecule has 0 bridgehead atoms. The van der Waals surface area contributed by atoms with Crippen LogP contribution in [-0.4, -0.2) is 102 Å². The zero-order valence-corrected chi connectivity index (χ0v) is 29.3. The highest BCUT2D eigenvalue weighted by Crippen LogP contribution is 2.57. The smallest absolute Gasteiger partial charge is 0.265 e. The minimum absolute atomic E-state index is 0.0325. The molecular formula is C36H48N4O9. The van der Waals surface area contributed by atoms with Gasteiger partial charge in [-0.25, -0.2) is 0 Å². The van der Waals surface area contributed by atoms with Crippen LogP contribution in [0.2, 0.25) is 0 Å². The number of aliphatic hydroxyl groups is 2. The molecule has 0 unspecified atom stereocenters. The number of ether oxygens (including phenoxy) is 3. The number of Topliss-reactive ketones (excluding diaryl/α,β-unsaturated/α-hetero) is 2. The maximum atomic E-state index is 14.7. The van der Waals surface area contributed by atoms with Gasteiger partial charge in [0.15, 0.2) is 22.9 Å². The Bertz CT molecular complexity index is 1670. The Hall–Kier alpha value is -3.94. The van der Waals surface area contributed by atoms with Crippen LogP contribution < -0.4 is 19.5 Å². The van der Waals surface area contributed by atoms with Crippen LogP contribution in [0.15, 0.2) is 21.9 Å². The number of fused-ring (bicyclic) bond motifs is 4. The van der Waals surface area contributed by atoms with E-state index in [0.29, 0.717) is 36.4 Å². The molecular weight excluding hydrogens is 632 g/mol. The van der Waals surface area contributed by atoms with Crippen LogP contribution in [0.25, 0.3) is 0 Å². The van der Waals surface area contributed by atoms with Crippen molar-refractivity contribution in [3.63, 3.8) is 0 Å². The van der Waals surface area contributed by atoms with Crippen molar-refractivity contribution in [2.75, 3.05) is 53.3 Å². The second-order valence-corrected chi connectivity index (χ2v) is 13.9. The number of rotatable bonds is 12. The predicted octanol–water partition coefficient (Wildman–Crippen LogP) is 4.49. The van der Waals surface area contributed by atoms with Crippen molar-refractivity contribution in [3.05, 3.63) is 39.8 Å². The maximum absolute atomic E-state index is 14.7. The summed E-state index contributed by atoms with van der Waals surface area (Å²) >= 11 is 0. The van der Waals surface area contributed by atoms with Crippen molar-refractivity contribution in [2.45, 2.75) is 82.9 Å². The van der Waals surface area contributed by atoms with E-state index >= 15 is 0 Å². The molecule has 0 saturated carbocycles. The molecule has 13 heteroatoms. The zero-order valence-electron chi connectivity index (χ0n) is 29.3. The predicted molar refractivity (Wildman–Crippen MR) is 180 cm³/mol. The number of allylic oxidation sites excluding steroid dienone is 1. The Morgan fingerprint density at radius 1 is 1.16 bits per heavy atom. The van der Waals surface area contributed by atoms with Crippen molar-refractivity contribution in [1.29, 1.82) is 0 Å². The Morgan fingerprint density at radius 3 is 2.51 bits per heavy atom. The summed E-state index contributed by atoms with van der Waals surface area (Å²) in [6, 6.07) is 0.707. The average Bonchev–Trinajstić information content (AvgIpc) is 3.69. The fourth-order valence-electron chi connectivity index (χ4n) is 8.06. The van der Waals surface area contributed by atoms with Crippen molar-refractivity contribution in [1.82, 2.24) is 15.0 Å². The van der Waals surface area contributed by atoms with Crippen LogP contribution in [0.5, 0.6) is 17.4 Å². The minimum atomic E-state index is -2.44.